The summed E-state index contributed by atoms with van der Waals surface area (Å²) < 4.78 is 11.5. The number of hydrogen-bond donors (Lipinski definition) is 1. The molecule has 1 atom stereocenters. The van der Waals surface area contributed by atoms with Gasteiger partial charge >= 0.3 is 0 Å². The number of nitrogens with one attached hydrogen (secondary N) is 1. The molecule has 1 aromatic carbocycles. The lowest BCUT2D eigenvalue weighted by atomic mass is 9.99. The van der Waals surface area contributed by atoms with E-state index in [4.69, 9.17) is 9.15 Å². The summed E-state index contributed by atoms with van der Waals surface area (Å²) in [5.74, 6) is 1.30. The summed E-state index contributed by atoms with van der Waals surface area (Å²) in [5, 5.41) is 7.08. The van der Waals surface area contributed by atoms with Gasteiger partial charge in [-0.25, -0.2) is 0 Å². The number of ether oxygens (including phenoxy) is 1. The lowest BCUT2D eigenvalue weighted by molar-refractivity contribution is 0.0950. The number of benzene rings is 1. The minimum atomic E-state index is -0.160. The molecule has 0 saturated carbocycles. The van der Waals surface area contributed by atoms with Crippen molar-refractivity contribution in [1.82, 2.24) is 5.32 Å². The first-order valence-electron chi connectivity index (χ1n) is 7.36. The quantitative estimate of drug-likeness (QED) is 0.647. The van der Waals surface area contributed by atoms with Crippen LogP contribution >= 0.6 is 27.3 Å². The van der Waals surface area contributed by atoms with Crippen molar-refractivity contribution in [3.63, 3.8) is 0 Å². The van der Waals surface area contributed by atoms with Gasteiger partial charge in [-0.15, -0.1) is 0 Å². The Morgan fingerprint density at radius 1 is 1.38 bits per heavy atom. The molecule has 0 bridgehead atoms. The summed E-state index contributed by atoms with van der Waals surface area (Å²) in [6, 6.07) is 11.1. The number of furan rings is 1. The lowest BCUT2D eigenvalue weighted by Gasteiger charge is -2.15. The van der Waals surface area contributed by atoms with Crippen molar-refractivity contribution in [3.8, 4) is 5.75 Å². The highest BCUT2D eigenvalue weighted by Crippen LogP contribution is 2.27. The fourth-order valence-corrected chi connectivity index (χ4v) is 3.58. The molecule has 1 amide bonds. The standard InChI is InChI=1S/C18H16BrNO3S/c1-22-13-4-5-16(19)14(9-13)18(21)20-10-15(12-6-8-24-11-12)17-3-2-7-23-17/h2-9,11,15H,10H2,1H3,(H,20,21). The molecule has 0 radical (unpaired) electrons. The third-order valence-corrected chi connectivity index (χ3v) is 5.11. The Labute approximate surface area is 152 Å². The van der Waals surface area contributed by atoms with Crippen LogP contribution in [0.25, 0.3) is 0 Å². The summed E-state index contributed by atoms with van der Waals surface area (Å²) in [6.45, 7) is 0.451. The number of carbonyl (C=O) groups is 1. The second-order valence-electron chi connectivity index (χ2n) is 5.18. The molecule has 4 nitrogen and oxygen atoms in total. The average Bonchev–Trinajstić information content (AvgIpc) is 3.29. The predicted molar refractivity (Wildman–Crippen MR) is 97.9 cm³/mol. The number of carbonyl (C=O) groups excluding carboxylic acids is 1. The van der Waals surface area contributed by atoms with Crippen LogP contribution in [0, 0.1) is 0 Å². The highest BCUT2D eigenvalue weighted by atomic mass is 79.9. The van der Waals surface area contributed by atoms with Gasteiger partial charge in [0.1, 0.15) is 11.5 Å². The van der Waals surface area contributed by atoms with Crippen LogP contribution in [-0.2, 0) is 0 Å². The Hall–Kier alpha value is -2.05. The van der Waals surface area contributed by atoms with Crippen molar-refractivity contribution < 1.29 is 13.9 Å². The molecule has 1 unspecified atom stereocenters. The second kappa shape index (κ2) is 7.68. The fraction of sp³-hybridized carbons (Fsp3) is 0.167. The van der Waals surface area contributed by atoms with Crippen LogP contribution in [0.3, 0.4) is 0 Å². The molecular weight excluding hydrogens is 390 g/mol. The van der Waals surface area contributed by atoms with Gasteiger partial charge in [0.25, 0.3) is 5.91 Å². The first-order valence-corrected chi connectivity index (χ1v) is 9.10. The van der Waals surface area contributed by atoms with E-state index in [0.29, 0.717) is 17.9 Å². The fourth-order valence-electron chi connectivity index (χ4n) is 2.44. The maximum absolute atomic E-state index is 12.6. The van der Waals surface area contributed by atoms with Gasteiger partial charge in [0.15, 0.2) is 0 Å². The molecule has 0 aliphatic rings. The molecule has 6 heteroatoms. The highest BCUT2D eigenvalue weighted by Gasteiger charge is 2.20. The number of methoxy groups -OCH3 is 1. The Balaban J connectivity index is 1.77. The zero-order valence-electron chi connectivity index (χ0n) is 13.0. The molecule has 124 valence electrons. The Kier molecular flexibility index (Phi) is 5.37. The minimum absolute atomic E-state index is 0.0143. The van der Waals surface area contributed by atoms with Gasteiger partial charge in [0.05, 0.1) is 24.9 Å². The van der Waals surface area contributed by atoms with Crippen LogP contribution in [0.1, 0.15) is 27.6 Å². The van der Waals surface area contributed by atoms with Gasteiger partial charge in [0.2, 0.25) is 0 Å². The molecule has 0 fully saturated rings. The largest absolute Gasteiger partial charge is 0.497 e. The van der Waals surface area contributed by atoms with Crippen LogP contribution in [-0.4, -0.2) is 19.6 Å². The minimum Gasteiger partial charge on any atom is -0.497 e. The first kappa shape index (κ1) is 16.8. The van der Waals surface area contributed by atoms with Crippen LogP contribution < -0.4 is 10.1 Å². The molecule has 24 heavy (non-hydrogen) atoms. The summed E-state index contributed by atoms with van der Waals surface area (Å²) in [4.78, 5) is 12.6. The molecule has 2 heterocycles. The summed E-state index contributed by atoms with van der Waals surface area (Å²) in [7, 11) is 1.58. The molecule has 0 aliphatic heterocycles. The Morgan fingerprint density at radius 3 is 2.92 bits per heavy atom. The Bertz CT molecular complexity index is 766. The van der Waals surface area contributed by atoms with Gasteiger partial charge in [-0.05, 0) is 68.7 Å². The number of amides is 1. The smallest absolute Gasteiger partial charge is 0.252 e. The molecule has 0 aliphatic carbocycles. The van der Waals surface area contributed by atoms with Crippen molar-refractivity contribution in [2.24, 2.45) is 0 Å². The third-order valence-electron chi connectivity index (χ3n) is 3.72. The van der Waals surface area contributed by atoms with Crippen molar-refractivity contribution in [2.45, 2.75) is 5.92 Å². The van der Waals surface area contributed by atoms with Gasteiger partial charge in [-0.3, -0.25) is 4.79 Å². The molecular formula is C18H16BrNO3S. The molecule has 3 aromatic rings. The normalized spacial score (nSPS) is 11.9. The lowest BCUT2D eigenvalue weighted by Crippen LogP contribution is -2.29. The summed E-state index contributed by atoms with van der Waals surface area (Å²) in [6.07, 6.45) is 1.65. The van der Waals surface area contributed by atoms with Crippen molar-refractivity contribution in [1.29, 1.82) is 0 Å². The van der Waals surface area contributed by atoms with Gasteiger partial charge in [-0.1, -0.05) is 0 Å². The van der Waals surface area contributed by atoms with Crippen LogP contribution in [0.4, 0.5) is 0 Å². The maximum Gasteiger partial charge on any atom is 0.252 e. The van der Waals surface area contributed by atoms with E-state index >= 15 is 0 Å². The SMILES string of the molecule is COc1ccc(Br)c(C(=O)NCC(c2ccsc2)c2ccco2)c1. The maximum atomic E-state index is 12.6. The van der Waals surface area contributed by atoms with E-state index in [0.717, 1.165) is 15.8 Å². The van der Waals surface area contributed by atoms with Crippen molar-refractivity contribution >= 4 is 33.2 Å². The summed E-state index contributed by atoms with van der Waals surface area (Å²) >= 11 is 5.04. The van der Waals surface area contributed by atoms with E-state index in [-0.39, 0.29) is 11.8 Å². The average molecular weight is 406 g/mol. The number of halogens is 1. The molecule has 2 aromatic heterocycles. The van der Waals surface area contributed by atoms with Gasteiger partial charge < -0.3 is 14.5 Å². The topological polar surface area (TPSA) is 51.5 Å². The van der Waals surface area contributed by atoms with E-state index in [9.17, 15) is 4.79 Å². The van der Waals surface area contributed by atoms with E-state index in [1.165, 1.54) is 0 Å². The number of hydrogen-bond acceptors (Lipinski definition) is 4. The van der Waals surface area contributed by atoms with E-state index < -0.39 is 0 Å². The number of thiophene rings is 1. The molecule has 1 N–H and O–H groups in total. The molecule has 3 rings (SSSR count). The van der Waals surface area contributed by atoms with Crippen LogP contribution in [0.15, 0.2) is 62.3 Å². The van der Waals surface area contributed by atoms with Crippen LogP contribution in [0.5, 0.6) is 5.75 Å². The van der Waals surface area contributed by atoms with E-state index in [2.05, 4.69) is 26.6 Å². The Morgan fingerprint density at radius 2 is 2.25 bits per heavy atom. The molecule has 0 saturated heterocycles. The first-order chi connectivity index (χ1) is 11.7. The van der Waals surface area contributed by atoms with Gasteiger partial charge in [0, 0.05) is 11.0 Å². The highest BCUT2D eigenvalue weighted by molar-refractivity contribution is 9.10. The number of rotatable bonds is 6. The van der Waals surface area contributed by atoms with Crippen molar-refractivity contribution in [3.05, 3.63) is 74.8 Å². The predicted octanol–water partition coefficient (Wildman–Crippen LogP) is 4.67. The van der Waals surface area contributed by atoms with Crippen molar-refractivity contribution in [2.75, 3.05) is 13.7 Å². The third kappa shape index (κ3) is 3.71. The molecule has 0 spiro atoms. The zero-order valence-corrected chi connectivity index (χ0v) is 15.4. The summed E-state index contributed by atoms with van der Waals surface area (Å²) in [5.41, 5.74) is 1.66. The van der Waals surface area contributed by atoms with Gasteiger partial charge in [-0.2, -0.15) is 11.3 Å². The zero-order chi connectivity index (χ0) is 16.9. The van der Waals surface area contributed by atoms with E-state index in [1.54, 1.807) is 42.9 Å². The van der Waals surface area contributed by atoms with E-state index in [1.807, 2.05) is 23.6 Å². The van der Waals surface area contributed by atoms with Crippen LogP contribution in [0.2, 0.25) is 0 Å². The monoisotopic (exact) mass is 405 g/mol. The second-order valence-corrected chi connectivity index (χ2v) is 6.81.